The van der Waals surface area contributed by atoms with E-state index in [0.29, 0.717) is 37.5 Å². The van der Waals surface area contributed by atoms with Gasteiger partial charge in [0, 0.05) is 26.1 Å². The molecule has 0 heterocycles. The molecule has 198 valence electrons. The summed E-state index contributed by atoms with van der Waals surface area (Å²) < 4.78 is 26.5. The van der Waals surface area contributed by atoms with Crippen molar-refractivity contribution in [2.45, 2.75) is 59.9 Å². The highest BCUT2D eigenvalue weighted by atomic mass is 32.2. The van der Waals surface area contributed by atoms with Crippen molar-refractivity contribution in [1.82, 2.24) is 10.2 Å². The number of carbonyl (C=O) groups excluding carboxylic acids is 2. The van der Waals surface area contributed by atoms with Crippen LogP contribution in [0.3, 0.4) is 0 Å². The number of nitrogens with one attached hydrogen (secondary N) is 1. The summed E-state index contributed by atoms with van der Waals surface area (Å²) in [6.45, 7) is 10.7. The first-order valence-electron chi connectivity index (χ1n) is 12.6. The summed E-state index contributed by atoms with van der Waals surface area (Å²) in [7, 11) is -3.52. The minimum Gasteiger partial charge on any atom is -0.354 e. The molecule has 0 bridgehead atoms. The molecule has 0 aromatic heterocycles. The van der Waals surface area contributed by atoms with Crippen LogP contribution < -0.4 is 9.62 Å². The second-order valence-corrected chi connectivity index (χ2v) is 11.8. The maximum absolute atomic E-state index is 13.3. The van der Waals surface area contributed by atoms with Gasteiger partial charge < -0.3 is 10.2 Å². The lowest BCUT2D eigenvalue weighted by molar-refractivity contribution is -0.140. The van der Waals surface area contributed by atoms with Crippen LogP contribution in [0.5, 0.6) is 0 Å². The van der Waals surface area contributed by atoms with E-state index in [9.17, 15) is 18.0 Å². The minimum absolute atomic E-state index is 0.146. The van der Waals surface area contributed by atoms with E-state index in [2.05, 4.69) is 5.32 Å². The molecule has 0 aliphatic carbocycles. The molecule has 0 spiro atoms. The van der Waals surface area contributed by atoms with Gasteiger partial charge in [0.1, 0.15) is 6.04 Å². The Morgan fingerprint density at radius 2 is 1.64 bits per heavy atom. The quantitative estimate of drug-likeness (QED) is 0.436. The Bertz CT molecular complexity index is 1120. The fourth-order valence-corrected chi connectivity index (χ4v) is 5.01. The highest BCUT2D eigenvalue weighted by Gasteiger charge is 2.26. The summed E-state index contributed by atoms with van der Waals surface area (Å²) in [5, 5.41) is 2.92. The molecule has 7 nitrogen and oxygen atoms in total. The van der Waals surface area contributed by atoms with Gasteiger partial charge in [-0.3, -0.25) is 13.9 Å². The summed E-state index contributed by atoms with van der Waals surface area (Å²) >= 11 is 0. The number of anilines is 1. The number of benzene rings is 2. The predicted octanol–water partition coefficient (Wildman–Crippen LogP) is 4.08. The van der Waals surface area contributed by atoms with Gasteiger partial charge in [0.15, 0.2) is 0 Å². The Kier molecular flexibility index (Phi) is 11.0. The first-order chi connectivity index (χ1) is 16.9. The first kappa shape index (κ1) is 29.4. The average Bonchev–Trinajstić information content (AvgIpc) is 2.81. The molecule has 0 unspecified atom stereocenters. The van der Waals surface area contributed by atoms with E-state index in [1.165, 1.54) is 10.6 Å². The molecule has 2 aromatic carbocycles. The van der Waals surface area contributed by atoms with E-state index >= 15 is 0 Å². The fraction of sp³-hybridized carbons (Fsp3) is 0.500. The number of hydrogen-bond acceptors (Lipinski definition) is 4. The minimum atomic E-state index is -3.52. The third-order valence-electron chi connectivity index (χ3n) is 6.12. The van der Waals surface area contributed by atoms with Gasteiger partial charge in [0.2, 0.25) is 21.8 Å². The lowest BCUT2D eigenvalue weighted by atomic mass is 10.1. The Morgan fingerprint density at radius 1 is 0.972 bits per heavy atom. The summed E-state index contributed by atoms with van der Waals surface area (Å²) in [5.74, 6) is -0.0347. The molecular weight excluding hydrogens is 474 g/mol. The van der Waals surface area contributed by atoms with E-state index in [1.807, 2.05) is 76.2 Å². The zero-order chi connectivity index (χ0) is 26.9. The van der Waals surface area contributed by atoms with Gasteiger partial charge in [-0.15, -0.1) is 0 Å². The molecule has 1 atom stereocenters. The molecule has 2 rings (SSSR count). The normalized spacial score (nSPS) is 12.3. The molecule has 0 aliphatic rings. The van der Waals surface area contributed by atoms with E-state index in [-0.39, 0.29) is 24.8 Å². The van der Waals surface area contributed by atoms with Gasteiger partial charge in [-0.05, 0) is 62.3 Å². The third kappa shape index (κ3) is 8.97. The van der Waals surface area contributed by atoms with Crippen LogP contribution in [0.1, 0.15) is 50.3 Å². The number of hydrogen-bond donors (Lipinski definition) is 1. The van der Waals surface area contributed by atoms with E-state index < -0.39 is 16.1 Å². The first-order valence-corrected chi connectivity index (χ1v) is 14.4. The van der Waals surface area contributed by atoms with Crippen molar-refractivity contribution in [3.63, 3.8) is 0 Å². The highest BCUT2D eigenvalue weighted by Crippen LogP contribution is 2.24. The zero-order valence-electron chi connectivity index (χ0n) is 22.5. The number of nitrogens with zero attached hydrogens (tertiary/aromatic N) is 2. The molecule has 0 aliphatic heterocycles. The number of amides is 2. The highest BCUT2D eigenvalue weighted by molar-refractivity contribution is 7.92. The lowest BCUT2D eigenvalue weighted by Crippen LogP contribution is -2.49. The van der Waals surface area contributed by atoms with Gasteiger partial charge >= 0.3 is 0 Å². The number of carbonyl (C=O) groups is 2. The average molecular weight is 516 g/mol. The van der Waals surface area contributed by atoms with Gasteiger partial charge in [-0.25, -0.2) is 8.42 Å². The Balaban J connectivity index is 2.13. The van der Waals surface area contributed by atoms with Crippen LogP contribution in [0, 0.1) is 19.8 Å². The van der Waals surface area contributed by atoms with Gasteiger partial charge in [0.05, 0.1) is 11.9 Å². The van der Waals surface area contributed by atoms with E-state index in [4.69, 9.17) is 0 Å². The standard InChI is InChI=1S/C28H41N3O4S/c1-21(2)20-29-28(33)24(5)30(18-16-25-11-8-7-9-12-25)27(32)13-10-17-31(36(6,34)35)26-19-22(3)14-15-23(26)4/h7-9,11-12,14-15,19,21,24H,10,13,16-18,20H2,1-6H3,(H,29,33)/t24-/m0/s1. The van der Waals surface area contributed by atoms with Gasteiger partial charge in [-0.1, -0.05) is 56.3 Å². The summed E-state index contributed by atoms with van der Waals surface area (Å²) in [5.41, 5.74) is 3.54. The van der Waals surface area contributed by atoms with Crippen molar-refractivity contribution in [1.29, 1.82) is 0 Å². The van der Waals surface area contributed by atoms with Crippen LogP contribution in [0.2, 0.25) is 0 Å². The van der Waals surface area contributed by atoms with Crippen LogP contribution in [0.4, 0.5) is 5.69 Å². The van der Waals surface area contributed by atoms with Crippen LogP contribution in [-0.4, -0.2) is 57.1 Å². The van der Waals surface area contributed by atoms with Crippen LogP contribution in [0.25, 0.3) is 0 Å². The van der Waals surface area contributed by atoms with Crippen molar-refractivity contribution in [3.8, 4) is 0 Å². The molecule has 2 amide bonds. The van der Waals surface area contributed by atoms with Crippen LogP contribution >= 0.6 is 0 Å². The second kappa shape index (κ2) is 13.4. The zero-order valence-corrected chi connectivity index (χ0v) is 23.3. The Hall–Kier alpha value is -2.87. The topological polar surface area (TPSA) is 86.8 Å². The third-order valence-corrected chi connectivity index (χ3v) is 7.30. The molecular formula is C28H41N3O4S. The van der Waals surface area contributed by atoms with Gasteiger partial charge in [0.25, 0.3) is 0 Å². The Labute approximate surface area is 216 Å². The molecule has 0 saturated carbocycles. The monoisotopic (exact) mass is 515 g/mol. The number of rotatable bonds is 13. The van der Waals surface area contributed by atoms with Crippen molar-refractivity contribution in [2.75, 3.05) is 30.2 Å². The summed E-state index contributed by atoms with van der Waals surface area (Å²) in [4.78, 5) is 27.7. The fourth-order valence-electron chi connectivity index (χ4n) is 3.99. The maximum atomic E-state index is 13.3. The molecule has 0 radical (unpaired) electrons. The smallest absolute Gasteiger partial charge is 0.242 e. The van der Waals surface area contributed by atoms with Crippen molar-refractivity contribution >= 4 is 27.5 Å². The van der Waals surface area contributed by atoms with Crippen LogP contribution in [0.15, 0.2) is 48.5 Å². The van der Waals surface area contributed by atoms with Gasteiger partial charge in [-0.2, -0.15) is 0 Å². The molecule has 0 fully saturated rings. The SMILES string of the molecule is Cc1ccc(C)c(N(CCCC(=O)N(CCc2ccccc2)[C@@H](C)C(=O)NCC(C)C)S(C)(=O)=O)c1. The maximum Gasteiger partial charge on any atom is 0.242 e. The molecule has 1 N–H and O–H groups in total. The van der Waals surface area contributed by atoms with Crippen molar-refractivity contribution in [3.05, 3.63) is 65.2 Å². The molecule has 2 aromatic rings. The lowest BCUT2D eigenvalue weighted by Gasteiger charge is -2.30. The molecule has 8 heteroatoms. The number of aryl methyl sites for hydroxylation is 2. The predicted molar refractivity (Wildman–Crippen MR) is 147 cm³/mol. The van der Waals surface area contributed by atoms with Crippen molar-refractivity contribution in [2.24, 2.45) is 5.92 Å². The largest absolute Gasteiger partial charge is 0.354 e. The van der Waals surface area contributed by atoms with Crippen LogP contribution in [-0.2, 0) is 26.0 Å². The van der Waals surface area contributed by atoms with Crippen molar-refractivity contribution < 1.29 is 18.0 Å². The van der Waals surface area contributed by atoms with E-state index in [0.717, 1.165) is 16.7 Å². The Morgan fingerprint density at radius 3 is 2.25 bits per heavy atom. The van der Waals surface area contributed by atoms with E-state index in [1.54, 1.807) is 11.8 Å². The summed E-state index contributed by atoms with van der Waals surface area (Å²) in [6.07, 6.45) is 2.31. The molecule has 36 heavy (non-hydrogen) atoms. The second-order valence-electron chi connectivity index (χ2n) is 9.87. The molecule has 0 saturated heterocycles. The number of sulfonamides is 1. The summed E-state index contributed by atoms with van der Waals surface area (Å²) in [6, 6.07) is 14.9.